The van der Waals surface area contributed by atoms with Crippen molar-refractivity contribution in [3.63, 3.8) is 0 Å². The normalized spacial score (nSPS) is 12.6. The summed E-state index contributed by atoms with van der Waals surface area (Å²) >= 11 is 6.00. The van der Waals surface area contributed by atoms with Gasteiger partial charge in [0.1, 0.15) is 5.75 Å². The van der Waals surface area contributed by atoms with E-state index in [9.17, 15) is 13.2 Å². The lowest BCUT2D eigenvalue weighted by Gasteiger charge is -2.25. The van der Waals surface area contributed by atoms with E-state index in [4.69, 9.17) is 11.6 Å². The molecule has 0 aromatic heterocycles. The van der Waals surface area contributed by atoms with Gasteiger partial charge in [-0.3, -0.25) is 4.79 Å². The molecular weight excluding hydrogens is 346 g/mol. The van der Waals surface area contributed by atoms with Crippen LogP contribution < -0.4 is 0 Å². The van der Waals surface area contributed by atoms with Crippen LogP contribution in [0.2, 0.25) is 5.02 Å². The predicted octanol–water partition coefficient (Wildman–Crippen LogP) is 3.47. The number of sulfone groups is 1. The second kappa shape index (κ2) is 7.81. The van der Waals surface area contributed by atoms with Crippen LogP contribution in [0.1, 0.15) is 24.1 Å². The van der Waals surface area contributed by atoms with Gasteiger partial charge in [0.2, 0.25) is 5.91 Å². The van der Waals surface area contributed by atoms with Gasteiger partial charge in [-0.1, -0.05) is 60.1 Å². The molecule has 0 bridgehead atoms. The first-order valence-electron chi connectivity index (χ1n) is 7.54. The second-order valence-electron chi connectivity index (χ2n) is 5.71. The highest BCUT2D eigenvalue weighted by molar-refractivity contribution is 7.91. The molecule has 4 nitrogen and oxygen atoms in total. The molecule has 0 saturated heterocycles. The largest absolute Gasteiger partial charge is 0.338 e. The molecular formula is C18H20ClNO3S. The first-order chi connectivity index (χ1) is 11.3. The van der Waals surface area contributed by atoms with Crippen molar-refractivity contribution in [3.05, 3.63) is 70.7 Å². The molecule has 2 rings (SSSR count). The quantitative estimate of drug-likeness (QED) is 0.787. The Kier molecular flexibility index (Phi) is 6.02. The summed E-state index contributed by atoms with van der Waals surface area (Å²) in [6, 6.07) is 16.0. The van der Waals surface area contributed by atoms with Crippen molar-refractivity contribution in [3.8, 4) is 0 Å². The van der Waals surface area contributed by atoms with Gasteiger partial charge in [0.05, 0.1) is 11.8 Å². The molecule has 128 valence electrons. The number of nitrogens with zero attached hydrogens (tertiary/aromatic N) is 1. The average Bonchev–Trinajstić information content (AvgIpc) is 2.55. The van der Waals surface area contributed by atoms with Crippen molar-refractivity contribution in [1.29, 1.82) is 0 Å². The fourth-order valence-electron chi connectivity index (χ4n) is 2.36. The molecule has 0 heterocycles. The van der Waals surface area contributed by atoms with E-state index in [-0.39, 0.29) is 11.8 Å². The van der Waals surface area contributed by atoms with E-state index in [1.165, 1.54) is 4.90 Å². The summed E-state index contributed by atoms with van der Waals surface area (Å²) in [6.07, 6.45) is 0. The summed E-state index contributed by atoms with van der Waals surface area (Å²) in [7, 11) is -1.98. The van der Waals surface area contributed by atoms with E-state index < -0.39 is 21.5 Å². The standard InChI is InChI=1S/C18H20ClNO3S/c1-14(15-8-4-3-5-9-15)20(2)18(21)13-24(22,23)12-16-10-6-7-11-17(16)19/h3-11,14H,12-13H2,1-2H3/t14-/m0/s1. The third-order valence-electron chi connectivity index (χ3n) is 3.93. The molecule has 6 heteroatoms. The molecule has 2 aromatic rings. The third kappa shape index (κ3) is 4.82. The number of halogens is 1. The summed E-state index contributed by atoms with van der Waals surface area (Å²) in [4.78, 5) is 13.8. The van der Waals surface area contributed by atoms with E-state index in [2.05, 4.69) is 0 Å². The van der Waals surface area contributed by atoms with Crippen molar-refractivity contribution in [1.82, 2.24) is 4.90 Å². The number of carbonyl (C=O) groups is 1. The van der Waals surface area contributed by atoms with Crippen LogP contribution in [0.5, 0.6) is 0 Å². The minimum absolute atomic E-state index is 0.200. The highest BCUT2D eigenvalue weighted by Gasteiger charge is 2.24. The molecule has 0 saturated carbocycles. The fourth-order valence-corrected chi connectivity index (χ4v) is 4.05. The molecule has 0 aliphatic heterocycles. The lowest BCUT2D eigenvalue weighted by molar-refractivity contribution is -0.129. The van der Waals surface area contributed by atoms with Gasteiger partial charge in [0, 0.05) is 12.1 Å². The zero-order chi connectivity index (χ0) is 17.7. The van der Waals surface area contributed by atoms with Gasteiger partial charge in [-0.05, 0) is 24.1 Å². The van der Waals surface area contributed by atoms with Crippen molar-refractivity contribution < 1.29 is 13.2 Å². The second-order valence-corrected chi connectivity index (χ2v) is 8.19. The van der Waals surface area contributed by atoms with Crippen LogP contribution in [-0.2, 0) is 20.4 Å². The van der Waals surface area contributed by atoms with E-state index in [0.29, 0.717) is 10.6 Å². The van der Waals surface area contributed by atoms with E-state index in [1.54, 1.807) is 31.3 Å². The summed E-state index contributed by atoms with van der Waals surface area (Å²) in [5.41, 5.74) is 1.46. The van der Waals surface area contributed by atoms with Crippen LogP contribution in [0.25, 0.3) is 0 Å². The molecule has 0 fully saturated rings. The topological polar surface area (TPSA) is 54.5 Å². The Hall–Kier alpha value is -1.85. The van der Waals surface area contributed by atoms with Gasteiger partial charge in [-0.15, -0.1) is 0 Å². The maximum atomic E-state index is 12.4. The Labute approximate surface area is 148 Å². The Morgan fingerprint density at radius 3 is 2.29 bits per heavy atom. The minimum Gasteiger partial charge on any atom is -0.338 e. The Bertz CT molecular complexity index is 806. The van der Waals surface area contributed by atoms with Gasteiger partial charge < -0.3 is 4.90 Å². The molecule has 0 aliphatic rings. The summed E-state index contributed by atoms with van der Waals surface area (Å²) in [5, 5.41) is 0.388. The lowest BCUT2D eigenvalue weighted by Crippen LogP contribution is -2.34. The van der Waals surface area contributed by atoms with E-state index in [0.717, 1.165) is 5.56 Å². The molecule has 0 N–H and O–H groups in total. The van der Waals surface area contributed by atoms with Crippen LogP contribution in [0.3, 0.4) is 0 Å². The molecule has 24 heavy (non-hydrogen) atoms. The van der Waals surface area contributed by atoms with Crippen LogP contribution in [-0.4, -0.2) is 32.0 Å². The first-order valence-corrected chi connectivity index (χ1v) is 9.74. The maximum Gasteiger partial charge on any atom is 0.238 e. The van der Waals surface area contributed by atoms with Crippen molar-refractivity contribution >= 4 is 27.3 Å². The Morgan fingerprint density at radius 1 is 1.08 bits per heavy atom. The smallest absolute Gasteiger partial charge is 0.238 e. The summed E-state index contributed by atoms with van der Waals surface area (Å²) in [6.45, 7) is 1.87. The molecule has 0 unspecified atom stereocenters. The summed E-state index contributed by atoms with van der Waals surface area (Å²) in [5.74, 6) is -1.21. The SMILES string of the molecule is C[C@@H](c1ccccc1)N(C)C(=O)CS(=O)(=O)Cc1ccccc1Cl. The number of carbonyl (C=O) groups excluding carboxylic acids is 1. The van der Waals surface area contributed by atoms with E-state index >= 15 is 0 Å². The van der Waals surface area contributed by atoms with Gasteiger partial charge in [0.25, 0.3) is 0 Å². The third-order valence-corrected chi connectivity index (χ3v) is 5.74. The number of benzene rings is 2. The molecule has 1 amide bonds. The summed E-state index contributed by atoms with van der Waals surface area (Å²) < 4.78 is 24.6. The van der Waals surface area contributed by atoms with Crippen LogP contribution in [0.4, 0.5) is 0 Å². The van der Waals surface area contributed by atoms with Gasteiger partial charge in [-0.2, -0.15) is 0 Å². The molecule has 2 aromatic carbocycles. The Morgan fingerprint density at radius 2 is 1.67 bits per heavy atom. The molecule has 0 radical (unpaired) electrons. The van der Waals surface area contributed by atoms with Gasteiger partial charge in [0.15, 0.2) is 9.84 Å². The number of hydrogen-bond donors (Lipinski definition) is 0. The van der Waals surface area contributed by atoms with Crippen molar-refractivity contribution in [2.24, 2.45) is 0 Å². The minimum atomic E-state index is -3.59. The predicted molar refractivity (Wildman–Crippen MR) is 96.6 cm³/mol. The van der Waals surface area contributed by atoms with Crippen LogP contribution in [0.15, 0.2) is 54.6 Å². The monoisotopic (exact) mass is 365 g/mol. The fraction of sp³-hybridized carbons (Fsp3) is 0.278. The average molecular weight is 366 g/mol. The number of hydrogen-bond acceptors (Lipinski definition) is 3. The molecule has 0 spiro atoms. The highest BCUT2D eigenvalue weighted by Crippen LogP contribution is 2.21. The zero-order valence-electron chi connectivity index (χ0n) is 13.6. The maximum absolute atomic E-state index is 12.4. The zero-order valence-corrected chi connectivity index (χ0v) is 15.2. The Balaban J connectivity index is 2.06. The van der Waals surface area contributed by atoms with Gasteiger partial charge in [-0.25, -0.2) is 8.42 Å². The van der Waals surface area contributed by atoms with E-state index in [1.807, 2.05) is 37.3 Å². The number of rotatable bonds is 6. The lowest BCUT2D eigenvalue weighted by atomic mass is 10.1. The molecule has 0 aliphatic carbocycles. The van der Waals surface area contributed by atoms with Crippen molar-refractivity contribution in [2.75, 3.05) is 12.8 Å². The molecule has 1 atom stereocenters. The van der Waals surface area contributed by atoms with Crippen molar-refractivity contribution in [2.45, 2.75) is 18.7 Å². The first kappa shape index (κ1) is 18.5. The highest BCUT2D eigenvalue weighted by atomic mass is 35.5. The van der Waals surface area contributed by atoms with Gasteiger partial charge >= 0.3 is 0 Å². The van der Waals surface area contributed by atoms with Crippen LogP contribution in [0, 0.1) is 0 Å². The number of amides is 1. The van der Waals surface area contributed by atoms with Crippen LogP contribution >= 0.6 is 11.6 Å².